The number of aromatic amines is 1. The van der Waals surface area contributed by atoms with Crippen LogP contribution in [0.15, 0.2) is 67.0 Å². The van der Waals surface area contributed by atoms with Crippen LogP contribution in [-0.2, 0) is 0 Å². The van der Waals surface area contributed by atoms with Crippen molar-refractivity contribution in [3.05, 3.63) is 67.0 Å². The number of fused-ring (bicyclic) bond motifs is 2. The number of ether oxygens (including phenoxy) is 1. The summed E-state index contributed by atoms with van der Waals surface area (Å²) in [6.45, 7) is 0. The SMILES string of the molecule is COc1ccc(-c2ccnc3nc(-c4c[nH]c5ccccc45)nn23)cc1. The van der Waals surface area contributed by atoms with Gasteiger partial charge in [-0.1, -0.05) is 18.2 Å². The topological polar surface area (TPSA) is 68.1 Å². The predicted molar refractivity (Wildman–Crippen MR) is 100 cm³/mol. The van der Waals surface area contributed by atoms with Gasteiger partial charge < -0.3 is 9.72 Å². The molecule has 0 radical (unpaired) electrons. The molecule has 0 amide bonds. The summed E-state index contributed by atoms with van der Waals surface area (Å²) in [6.07, 6.45) is 3.69. The van der Waals surface area contributed by atoms with Gasteiger partial charge in [-0.05, 0) is 36.4 Å². The Kier molecular flexibility index (Phi) is 3.21. The quantitative estimate of drug-likeness (QED) is 0.539. The molecule has 0 unspecified atom stereocenters. The highest BCUT2D eigenvalue weighted by molar-refractivity contribution is 5.93. The molecule has 0 aliphatic heterocycles. The lowest BCUT2D eigenvalue weighted by Crippen LogP contribution is -1.96. The van der Waals surface area contributed by atoms with Gasteiger partial charge in [0, 0.05) is 34.4 Å². The van der Waals surface area contributed by atoms with E-state index < -0.39 is 0 Å². The Bertz CT molecular complexity index is 1220. The lowest BCUT2D eigenvalue weighted by molar-refractivity contribution is 0.415. The van der Waals surface area contributed by atoms with Crippen LogP contribution in [-0.4, -0.2) is 31.7 Å². The molecule has 3 heterocycles. The molecule has 0 aliphatic rings. The van der Waals surface area contributed by atoms with E-state index in [0.29, 0.717) is 11.6 Å². The molecular formula is C20H15N5O. The molecule has 126 valence electrons. The number of H-pyrrole nitrogens is 1. The summed E-state index contributed by atoms with van der Waals surface area (Å²) in [4.78, 5) is 12.3. The Morgan fingerprint density at radius 2 is 1.85 bits per heavy atom. The molecule has 1 N–H and O–H groups in total. The van der Waals surface area contributed by atoms with E-state index in [1.807, 2.05) is 54.7 Å². The van der Waals surface area contributed by atoms with E-state index in [1.54, 1.807) is 17.8 Å². The molecule has 0 saturated carbocycles. The Labute approximate surface area is 149 Å². The maximum absolute atomic E-state index is 5.24. The third-order valence-corrected chi connectivity index (χ3v) is 4.46. The fourth-order valence-corrected chi connectivity index (χ4v) is 3.15. The lowest BCUT2D eigenvalue weighted by atomic mass is 10.1. The third-order valence-electron chi connectivity index (χ3n) is 4.46. The van der Waals surface area contributed by atoms with Crippen molar-refractivity contribution in [1.82, 2.24) is 24.6 Å². The Morgan fingerprint density at radius 3 is 2.69 bits per heavy atom. The van der Waals surface area contributed by atoms with E-state index in [9.17, 15) is 0 Å². The molecule has 0 spiro atoms. The van der Waals surface area contributed by atoms with Crippen LogP contribution >= 0.6 is 0 Å². The molecule has 5 aromatic rings. The molecule has 3 aromatic heterocycles. The molecule has 26 heavy (non-hydrogen) atoms. The second-order valence-corrected chi connectivity index (χ2v) is 5.95. The number of nitrogens with zero attached hydrogens (tertiary/aromatic N) is 4. The van der Waals surface area contributed by atoms with Crippen LogP contribution in [0.1, 0.15) is 0 Å². The van der Waals surface area contributed by atoms with Gasteiger partial charge in [-0.2, -0.15) is 9.50 Å². The first kappa shape index (κ1) is 14.7. The molecule has 2 aromatic carbocycles. The molecule has 0 atom stereocenters. The highest BCUT2D eigenvalue weighted by atomic mass is 16.5. The fraction of sp³-hybridized carbons (Fsp3) is 0.0500. The van der Waals surface area contributed by atoms with E-state index in [2.05, 4.69) is 21.0 Å². The smallest absolute Gasteiger partial charge is 0.253 e. The molecule has 0 fully saturated rings. The zero-order chi connectivity index (χ0) is 17.5. The van der Waals surface area contributed by atoms with E-state index in [1.165, 1.54) is 0 Å². The number of methoxy groups -OCH3 is 1. The third kappa shape index (κ3) is 2.23. The molecule has 0 bridgehead atoms. The van der Waals surface area contributed by atoms with E-state index >= 15 is 0 Å². The first-order chi connectivity index (χ1) is 12.8. The standard InChI is InChI=1S/C20H15N5O/c1-26-14-8-6-13(7-9-14)18-10-11-21-20-23-19(24-25(18)20)16-12-22-17-5-3-2-4-15(16)17/h2-12,22H,1H3. The Morgan fingerprint density at radius 1 is 1.00 bits per heavy atom. The van der Waals surface area contributed by atoms with Gasteiger partial charge in [0.15, 0.2) is 5.82 Å². The van der Waals surface area contributed by atoms with Crippen LogP contribution in [0.5, 0.6) is 5.75 Å². The molecule has 6 nitrogen and oxygen atoms in total. The number of nitrogens with one attached hydrogen (secondary N) is 1. The normalized spacial score (nSPS) is 11.3. The zero-order valence-electron chi connectivity index (χ0n) is 14.0. The average Bonchev–Trinajstić information content (AvgIpc) is 3.31. The molecule has 5 rings (SSSR count). The van der Waals surface area contributed by atoms with Gasteiger partial charge >= 0.3 is 0 Å². The number of rotatable bonds is 3. The zero-order valence-corrected chi connectivity index (χ0v) is 14.0. The first-order valence-electron chi connectivity index (χ1n) is 8.26. The Hall–Kier alpha value is -3.67. The van der Waals surface area contributed by atoms with Crippen LogP contribution in [0, 0.1) is 0 Å². The van der Waals surface area contributed by atoms with Crippen LogP contribution in [0.25, 0.3) is 39.3 Å². The van der Waals surface area contributed by atoms with Crippen molar-refractivity contribution in [2.24, 2.45) is 0 Å². The summed E-state index contributed by atoms with van der Waals surface area (Å²) in [5, 5.41) is 5.81. The average molecular weight is 341 g/mol. The summed E-state index contributed by atoms with van der Waals surface area (Å²) >= 11 is 0. The van der Waals surface area contributed by atoms with Crippen LogP contribution < -0.4 is 4.74 Å². The summed E-state index contributed by atoms with van der Waals surface area (Å²) in [7, 11) is 1.66. The monoisotopic (exact) mass is 341 g/mol. The van der Waals surface area contributed by atoms with Gasteiger partial charge in [-0.15, -0.1) is 5.10 Å². The van der Waals surface area contributed by atoms with Gasteiger partial charge in [-0.3, -0.25) is 0 Å². The highest BCUT2D eigenvalue weighted by Crippen LogP contribution is 2.28. The largest absolute Gasteiger partial charge is 0.497 e. The lowest BCUT2D eigenvalue weighted by Gasteiger charge is -2.05. The summed E-state index contributed by atoms with van der Waals surface area (Å²) in [5.74, 6) is 2.03. The van der Waals surface area contributed by atoms with Crippen molar-refractivity contribution in [2.75, 3.05) is 7.11 Å². The van der Waals surface area contributed by atoms with Crippen molar-refractivity contribution in [2.45, 2.75) is 0 Å². The van der Waals surface area contributed by atoms with Gasteiger partial charge in [0.25, 0.3) is 5.78 Å². The number of para-hydroxylation sites is 1. The minimum absolute atomic E-state index is 0.568. The van der Waals surface area contributed by atoms with Gasteiger partial charge in [0.2, 0.25) is 0 Å². The minimum atomic E-state index is 0.568. The minimum Gasteiger partial charge on any atom is -0.497 e. The Balaban J connectivity index is 1.68. The van der Waals surface area contributed by atoms with Crippen molar-refractivity contribution >= 4 is 16.7 Å². The maximum Gasteiger partial charge on any atom is 0.253 e. The van der Waals surface area contributed by atoms with Crippen molar-refractivity contribution in [1.29, 1.82) is 0 Å². The van der Waals surface area contributed by atoms with Crippen LogP contribution in [0.2, 0.25) is 0 Å². The number of benzene rings is 2. The number of hydrogen-bond donors (Lipinski definition) is 1. The van der Waals surface area contributed by atoms with Crippen LogP contribution in [0.3, 0.4) is 0 Å². The molecule has 0 saturated heterocycles. The molecule has 0 aliphatic carbocycles. The highest BCUT2D eigenvalue weighted by Gasteiger charge is 2.14. The van der Waals surface area contributed by atoms with Crippen LogP contribution in [0.4, 0.5) is 0 Å². The van der Waals surface area contributed by atoms with E-state index in [4.69, 9.17) is 9.84 Å². The van der Waals surface area contributed by atoms with Gasteiger partial charge in [0.1, 0.15) is 5.75 Å². The first-order valence-corrected chi connectivity index (χ1v) is 8.26. The number of hydrogen-bond acceptors (Lipinski definition) is 4. The van der Waals surface area contributed by atoms with Crippen molar-refractivity contribution < 1.29 is 4.74 Å². The molecule has 6 heteroatoms. The van der Waals surface area contributed by atoms with E-state index in [-0.39, 0.29) is 0 Å². The molecular weight excluding hydrogens is 326 g/mol. The summed E-state index contributed by atoms with van der Waals surface area (Å²) in [5.41, 5.74) is 3.97. The van der Waals surface area contributed by atoms with E-state index in [0.717, 1.165) is 33.5 Å². The fourth-order valence-electron chi connectivity index (χ4n) is 3.15. The van der Waals surface area contributed by atoms with Crippen molar-refractivity contribution in [3.63, 3.8) is 0 Å². The summed E-state index contributed by atoms with van der Waals surface area (Å²) in [6, 6.07) is 17.9. The second kappa shape index (κ2) is 5.70. The van der Waals surface area contributed by atoms with Crippen molar-refractivity contribution in [3.8, 4) is 28.4 Å². The maximum atomic E-state index is 5.24. The number of aromatic nitrogens is 5. The predicted octanol–water partition coefficient (Wildman–Crippen LogP) is 3.95. The summed E-state index contributed by atoms with van der Waals surface area (Å²) < 4.78 is 7.01. The van der Waals surface area contributed by atoms with Gasteiger partial charge in [-0.25, -0.2) is 4.98 Å². The van der Waals surface area contributed by atoms with Gasteiger partial charge in [0.05, 0.1) is 12.8 Å². The second-order valence-electron chi connectivity index (χ2n) is 5.95.